The summed E-state index contributed by atoms with van der Waals surface area (Å²) in [6.45, 7) is 5.71. The fourth-order valence-corrected chi connectivity index (χ4v) is 3.66. The normalized spacial score (nSPS) is 20.1. The molecule has 0 bridgehead atoms. The molecule has 0 saturated carbocycles. The van der Waals surface area contributed by atoms with Crippen molar-refractivity contribution in [3.8, 4) is 5.75 Å². The molecule has 0 amide bonds. The van der Waals surface area contributed by atoms with Crippen LogP contribution in [0, 0.1) is 5.92 Å². The van der Waals surface area contributed by atoms with E-state index in [1.165, 1.54) is 11.1 Å². The average Bonchev–Trinajstić information content (AvgIpc) is 2.96. The Balaban J connectivity index is 1.91. The van der Waals surface area contributed by atoms with Crippen LogP contribution in [-0.4, -0.2) is 26.4 Å². The van der Waals surface area contributed by atoms with Crippen molar-refractivity contribution < 1.29 is 9.47 Å². The zero-order valence-electron chi connectivity index (χ0n) is 12.7. The largest absolute Gasteiger partial charge is 0.493 e. The highest BCUT2D eigenvalue weighted by Crippen LogP contribution is 2.41. The van der Waals surface area contributed by atoms with Gasteiger partial charge in [-0.05, 0) is 49.4 Å². The van der Waals surface area contributed by atoms with E-state index in [-0.39, 0.29) is 0 Å². The molecule has 3 nitrogen and oxygen atoms in total. The van der Waals surface area contributed by atoms with Gasteiger partial charge in [-0.15, -0.1) is 0 Å². The molecule has 0 aliphatic carbocycles. The first-order valence-electron chi connectivity index (χ1n) is 8.06. The summed E-state index contributed by atoms with van der Waals surface area (Å²) in [5.74, 6) is 1.66. The minimum Gasteiger partial charge on any atom is -0.493 e. The first kappa shape index (κ1) is 15.1. The van der Waals surface area contributed by atoms with Gasteiger partial charge in [0.05, 0.1) is 6.61 Å². The van der Waals surface area contributed by atoms with E-state index in [1.807, 2.05) is 6.07 Å². The lowest BCUT2D eigenvalue weighted by Crippen LogP contribution is -2.33. The van der Waals surface area contributed by atoms with Crippen LogP contribution >= 0.6 is 11.6 Å². The second-order valence-electron chi connectivity index (χ2n) is 5.96. The van der Waals surface area contributed by atoms with E-state index >= 15 is 0 Å². The van der Waals surface area contributed by atoms with Crippen LogP contribution in [0.5, 0.6) is 5.75 Å². The van der Waals surface area contributed by atoms with E-state index in [9.17, 15) is 0 Å². The molecule has 1 N–H and O–H groups in total. The second kappa shape index (κ2) is 6.99. The standard InChI is InChI=1S/C17H24ClNO2/c1-2-6-19-16(12-3-7-20-8-4-12)15-11-14(18)10-13-5-9-21-17(13)15/h10-12,16,19H,2-9H2,1H3. The summed E-state index contributed by atoms with van der Waals surface area (Å²) in [5, 5.41) is 4.54. The summed E-state index contributed by atoms with van der Waals surface area (Å²) in [7, 11) is 0. The van der Waals surface area contributed by atoms with Gasteiger partial charge in [0.2, 0.25) is 0 Å². The van der Waals surface area contributed by atoms with Gasteiger partial charge >= 0.3 is 0 Å². The Morgan fingerprint density at radius 1 is 1.29 bits per heavy atom. The van der Waals surface area contributed by atoms with Crippen molar-refractivity contribution >= 4 is 11.6 Å². The van der Waals surface area contributed by atoms with Crippen LogP contribution in [0.1, 0.15) is 43.4 Å². The van der Waals surface area contributed by atoms with Crippen molar-refractivity contribution in [2.24, 2.45) is 5.92 Å². The van der Waals surface area contributed by atoms with E-state index in [4.69, 9.17) is 21.1 Å². The third kappa shape index (κ3) is 3.36. The van der Waals surface area contributed by atoms with Crippen molar-refractivity contribution in [2.75, 3.05) is 26.4 Å². The number of benzene rings is 1. The van der Waals surface area contributed by atoms with Crippen LogP contribution in [-0.2, 0) is 11.2 Å². The average molecular weight is 310 g/mol. The number of fused-ring (bicyclic) bond motifs is 1. The van der Waals surface area contributed by atoms with Crippen LogP contribution in [0.15, 0.2) is 12.1 Å². The molecule has 1 saturated heterocycles. The number of hydrogen-bond acceptors (Lipinski definition) is 3. The number of hydrogen-bond donors (Lipinski definition) is 1. The molecule has 1 aromatic carbocycles. The van der Waals surface area contributed by atoms with Gasteiger partial charge in [0.25, 0.3) is 0 Å². The van der Waals surface area contributed by atoms with E-state index in [2.05, 4.69) is 18.3 Å². The van der Waals surface area contributed by atoms with Gasteiger partial charge in [0.1, 0.15) is 5.75 Å². The molecule has 2 aliphatic heterocycles. The van der Waals surface area contributed by atoms with Crippen LogP contribution in [0.4, 0.5) is 0 Å². The summed E-state index contributed by atoms with van der Waals surface area (Å²) >= 11 is 6.34. The molecule has 1 unspecified atom stereocenters. The van der Waals surface area contributed by atoms with E-state index in [1.54, 1.807) is 0 Å². The van der Waals surface area contributed by atoms with Crippen molar-refractivity contribution in [3.63, 3.8) is 0 Å². The molecular formula is C17H24ClNO2. The highest BCUT2D eigenvalue weighted by Gasteiger charge is 2.30. The number of rotatable bonds is 5. The maximum atomic E-state index is 6.34. The SMILES string of the molecule is CCCNC(c1cc(Cl)cc2c1OCC2)C1CCOCC1. The van der Waals surface area contributed by atoms with Crippen molar-refractivity contribution in [3.05, 3.63) is 28.3 Å². The Hall–Kier alpha value is -0.770. The zero-order chi connectivity index (χ0) is 14.7. The van der Waals surface area contributed by atoms with Crippen LogP contribution in [0.3, 0.4) is 0 Å². The van der Waals surface area contributed by atoms with Gasteiger partial charge in [-0.25, -0.2) is 0 Å². The van der Waals surface area contributed by atoms with Crippen molar-refractivity contribution in [1.29, 1.82) is 0 Å². The minimum absolute atomic E-state index is 0.319. The van der Waals surface area contributed by atoms with Gasteiger partial charge in [-0.3, -0.25) is 0 Å². The molecule has 116 valence electrons. The van der Waals surface area contributed by atoms with Crippen molar-refractivity contribution in [1.82, 2.24) is 5.32 Å². The molecule has 21 heavy (non-hydrogen) atoms. The molecular weight excluding hydrogens is 286 g/mol. The smallest absolute Gasteiger partial charge is 0.127 e. The molecule has 1 aromatic rings. The van der Waals surface area contributed by atoms with E-state index < -0.39 is 0 Å². The molecule has 4 heteroatoms. The Bertz CT molecular complexity index is 486. The van der Waals surface area contributed by atoms with Gasteiger partial charge in [-0.1, -0.05) is 18.5 Å². The predicted octanol–water partition coefficient (Wildman–Crippen LogP) is 3.74. The third-order valence-corrected chi connectivity index (χ3v) is 4.68. The lowest BCUT2D eigenvalue weighted by Gasteiger charge is -2.32. The van der Waals surface area contributed by atoms with E-state index in [0.29, 0.717) is 12.0 Å². The first-order chi connectivity index (χ1) is 10.3. The lowest BCUT2D eigenvalue weighted by molar-refractivity contribution is 0.0533. The molecule has 0 radical (unpaired) electrons. The molecule has 0 spiro atoms. The molecule has 0 aromatic heterocycles. The minimum atomic E-state index is 0.319. The maximum absolute atomic E-state index is 6.34. The van der Waals surface area contributed by atoms with Crippen LogP contribution in [0.2, 0.25) is 5.02 Å². The highest BCUT2D eigenvalue weighted by atomic mass is 35.5. The molecule has 2 aliphatic rings. The first-order valence-corrected chi connectivity index (χ1v) is 8.43. The fourth-order valence-electron chi connectivity index (χ4n) is 3.41. The summed E-state index contributed by atoms with van der Waals surface area (Å²) in [5.41, 5.74) is 2.50. The lowest BCUT2D eigenvalue weighted by atomic mass is 9.86. The zero-order valence-corrected chi connectivity index (χ0v) is 13.4. The summed E-state index contributed by atoms with van der Waals surface area (Å²) in [4.78, 5) is 0. The summed E-state index contributed by atoms with van der Waals surface area (Å²) in [6.07, 6.45) is 4.30. The Labute approximate surface area is 132 Å². The van der Waals surface area contributed by atoms with Crippen molar-refractivity contribution in [2.45, 2.75) is 38.6 Å². The van der Waals surface area contributed by atoms with Gasteiger partial charge in [-0.2, -0.15) is 0 Å². The Morgan fingerprint density at radius 2 is 2.10 bits per heavy atom. The molecule has 2 heterocycles. The number of halogens is 1. The third-order valence-electron chi connectivity index (χ3n) is 4.46. The van der Waals surface area contributed by atoms with Gasteiger partial charge in [0, 0.05) is 36.3 Å². The topological polar surface area (TPSA) is 30.5 Å². The fraction of sp³-hybridized carbons (Fsp3) is 0.647. The van der Waals surface area contributed by atoms with E-state index in [0.717, 1.165) is 62.8 Å². The molecule has 1 atom stereocenters. The quantitative estimate of drug-likeness (QED) is 0.898. The molecule has 1 fully saturated rings. The monoisotopic (exact) mass is 309 g/mol. The molecule has 3 rings (SSSR count). The van der Waals surface area contributed by atoms with Gasteiger partial charge in [0.15, 0.2) is 0 Å². The summed E-state index contributed by atoms with van der Waals surface area (Å²) < 4.78 is 11.4. The van der Waals surface area contributed by atoms with Crippen LogP contribution < -0.4 is 10.1 Å². The highest BCUT2D eigenvalue weighted by molar-refractivity contribution is 6.30. The summed E-state index contributed by atoms with van der Waals surface area (Å²) in [6, 6.07) is 4.46. The second-order valence-corrected chi connectivity index (χ2v) is 6.40. The Morgan fingerprint density at radius 3 is 2.86 bits per heavy atom. The maximum Gasteiger partial charge on any atom is 0.127 e. The number of ether oxygens (including phenoxy) is 2. The predicted molar refractivity (Wildman–Crippen MR) is 85.2 cm³/mol. The Kier molecular flexibility index (Phi) is 5.04. The number of nitrogens with one attached hydrogen (secondary N) is 1. The van der Waals surface area contributed by atoms with Gasteiger partial charge < -0.3 is 14.8 Å². The van der Waals surface area contributed by atoms with Crippen LogP contribution in [0.25, 0.3) is 0 Å².